The number of rotatable bonds is 4. The van der Waals surface area contributed by atoms with E-state index < -0.39 is 11.1 Å². The number of aryl methyl sites for hydroxylation is 3. The predicted molar refractivity (Wildman–Crippen MR) is 106 cm³/mol. The molecular weight excluding hydrogens is 342 g/mol. The molecule has 1 amide bonds. The van der Waals surface area contributed by atoms with Crippen molar-refractivity contribution in [1.29, 1.82) is 0 Å². The van der Waals surface area contributed by atoms with Crippen molar-refractivity contribution in [3.05, 3.63) is 92.3 Å². The van der Waals surface area contributed by atoms with Gasteiger partial charge in [-0.1, -0.05) is 23.8 Å². The minimum atomic E-state index is -0.740. The maximum atomic E-state index is 12.5. The lowest BCUT2D eigenvalue weighted by Gasteiger charge is -2.11. The van der Waals surface area contributed by atoms with E-state index in [1.165, 1.54) is 17.0 Å². The predicted octanol–water partition coefficient (Wildman–Crippen LogP) is 2.56. The molecule has 0 saturated heterocycles. The highest BCUT2D eigenvalue weighted by molar-refractivity contribution is 5.90. The zero-order chi connectivity index (χ0) is 19.6. The smallest absolute Gasteiger partial charge is 0.320 e. The molecule has 0 atom stereocenters. The molecule has 6 nitrogen and oxygen atoms in total. The Bertz CT molecular complexity index is 1090. The van der Waals surface area contributed by atoms with E-state index in [9.17, 15) is 14.4 Å². The Balaban J connectivity index is 1.84. The van der Waals surface area contributed by atoms with Gasteiger partial charge in [-0.25, -0.2) is 0 Å². The van der Waals surface area contributed by atoms with Crippen LogP contribution in [0.25, 0.3) is 5.69 Å². The number of hydrogen-bond donors (Lipinski definition) is 1. The lowest BCUT2D eigenvalue weighted by Crippen LogP contribution is -2.41. The number of carbonyl (C=O) groups excluding carboxylic acids is 1. The average molecular weight is 363 g/mol. The van der Waals surface area contributed by atoms with E-state index in [-0.39, 0.29) is 12.5 Å². The van der Waals surface area contributed by atoms with E-state index in [1.807, 2.05) is 51.1 Å². The van der Waals surface area contributed by atoms with Crippen LogP contribution in [0.3, 0.4) is 0 Å². The van der Waals surface area contributed by atoms with Gasteiger partial charge >= 0.3 is 11.1 Å². The number of carbonyl (C=O) groups is 1. The summed E-state index contributed by atoms with van der Waals surface area (Å²) in [6, 6.07) is 13.0. The first kappa shape index (κ1) is 18.4. The average Bonchev–Trinajstić information content (AvgIpc) is 2.60. The number of nitrogens with zero attached hydrogens (tertiary/aromatic N) is 2. The number of hydrogen-bond acceptors (Lipinski definition) is 3. The normalized spacial score (nSPS) is 10.6. The van der Waals surface area contributed by atoms with Crippen molar-refractivity contribution in [3.63, 3.8) is 0 Å². The lowest BCUT2D eigenvalue weighted by molar-refractivity contribution is -0.116. The summed E-state index contributed by atoms with van der Waals surface area (Å²) in [7, 11) is 0. The van der Waals surface area contributed by atoms with Gasteiger partial charge in [-0.05, 0) is 56.2 Å². The molecule has 1 aromatic heterocycles. The Labute approximate surface area is 156 Å². The first-order valence-electron chi connectivity index (χ1n) is 8.61. The molecule has 0 radical (unpaired) electrons. The van der Waals surface area contributed by atoms with Gasteiger partial charge in [-0.15, -0.1) is 0 Å². The fourth-order valence-electron chi connectivity index (χ4n) is 2.92. The first-order chi connectivity index (χ1) is 12.8. The van der Waals surface area contributed by atoms with E-state index >= 15 is 0 Å². The van der Waals surface area contributed by atoms with E-state index in [2.05, 4.69) is 5.32 Å². The van der Waals surface area contributed by atoms with Crippen molar-refractivity contribution in [2.75, 3.05) is 5.32 Å². The molecule has 3 aromatic rings. The van der Waals surface area contributed by atoms with Crippen LogP contribution in [0.15, 0.2) is 64.4 Å². The van der Waals surface area contributed by atoms with Crippen molar-refractivity contribution in [2.45, 2.75) is 27.3 Å². The minimum absolute atomic E-state index is 0.227. The summed E-state index contributed by atoms with van der Waals surface area (Å²) in [5.74, 6) is -0.371. The second kappa shape index (κ2) is 7.45. The van der Waals surface area contributed by atoms with Gasteiger partial charge in [0.15, 0.2) is 0 Å². The third kappa shape index (κ3) is 4.23. The van der Waals surface area contributed by atoms with Crippen molar-refractivity contribution >= 4 is 11.6 Å². The van der Waals surface area contributed by atoms with Gasteiger partial charge < -0.3 is 5.32 Å². The van der Waals surface area contributed by atoms with Crippen LogP contribution in [0.1, 0.15) is 16.7 Å². The summed E-state index contributed by atoms with van der Waals surface area (Å²) >= 11 is 0. The quantitative estimate of drug-likeness (QED) is 0.724. The van der Waals surface area contributed by atoms with Crippen molar-refractivity contribution in [1.82, 2.24) is 9.13 Å². The third-order valence-electron chi connectivity index (χ3n) is 4.19. The van der Waals surface area contributed by atoms with Gasteiger partial charge in [0.2, 0.25) is 5.91 Å². The molecule has 0 fully saturated rings. The molecule has 0 aliphatic heterocycles. The van der Waals surface area contributed by atoms with Crippen LogP contribution in [-0.2, 0) is 11.3 Å². The Morgan fingerprint density at radius 2 is 1.48 bits per heavy atom. The highest BCUT2D eigenvalue weighted by Gasteiger charge is 2.11. The molecule has 0 aliphatic carbocycles. The van der Waals surface area contributed by atoms with E-state index in [0.717, 1.165) is 21.3 Å². The molecule has 27 heavy (non-hydrogen) atoms. The Hall–Kier alpha value is -3.41. The van der Waals surface area contributed by atoms with E-state index in [1.54, 1.807) is 12.1 Å². The van der Waals surface area contributed by atoms with Crippen LogP contribution in [0, 0.1) is 20.8 Å². The van der Waals surface area contributed by atoms with Crippen LogP contribution in [0.2, 0.25) is 0 Å². The van der Waals surface area contributed by atoms with Gasteiger partial charge in [0.05, 0.1) is 0 Å². The zero-order valence-corrected chi connectivity index (χ0v) is 15.5. The molecule has 3 rings (SSSR count). The molecule has 0 unspecified atom stereocenters. The van der Waals surface area contributed by atoms with Crippen LogP contribution < -0.4 is 16.4 Å². The van der Waals surface area contributed by atoms with Crippen molar-refractivity contribution < 1.29 is 4.79 Å². The number of benzene rings is 2. The number of aromatic nitrogens is 2. The minimum Gasteiger partial charge on any atom is -0.325 e. The molecule has 0 spiro atoms. The van der Waals surface area contributed by atoms with Gasteiger partial charge in [0.25, 0.3) is 0 Å². The van der Waals surface area contributed by atoms with Gasteiger partial charge in [-0.2, -0.15) is 0 Å². The first-order valence-corrected chi connectivity index (χ1v) is 8.61. The Morgan fingerprint density at radius 1 is 0.852 bits per heavy atom. The fourth-order valence-corrected chi connectivity index (χ4v) is 2.92. The van der Waals surface area contributed by atoms with Crippen LogP contribution in [-0.4, -0.2) is 15.0 Å². The standard InChI is InChI=1S/C21H21N3O3/c1-14-4-6-17(7-5-14)22-19(25)13-23-8-9-24(21(27)20(23)26)18-11-15(2)10-16(3)12-18/h4-12H,13H2,1-3H3,(H,22,25). The monoisotopic (exact) mass is 363 g/mol. The van der Waals surface area contributed by atoms with Crippen molar-refractivity contribution in [3.8, 4) is 5.69 Å². The third-order valence-corrected chi connectivity index (χ3v) is 4.19. The van der Waals surface area contributed by atoms with Gasteiger partial charge in [0.1, 0.15) is 6.54 Å². The molecule has 1 N–H and O–H groups in total. The van der Waals surface area contributed by atoms with Crippen LogP contribution >= 0.6 is 0 Å². The maximum Gasteiger partial charge on any atom is 0.320 e. The van der Waals surface area contributed by atoms with Gasteiger partial charge in [0, 0.05) is 23.8 Å². The van der Waals surface area contributed by atoms with Gasteiger partial charge in [-0.3, -0.25) is 23.5 Å². The van der Waals surface area contributed by atoms with E-state index in [4.69, 9.17) is 0 Å². The topological polar surface area (TPSA) is 73.1 Å². The SMILES string of the molecule is Cc1ccc(NC(=O)Cn2ccn(-c3cc(C)cc(C)c3)c(=O)c2=O)cc1. The zero-order valence-electron chi connectivity index (χ0n) is 15.5. The highest BCUT2D eigenvalue weighted by Crippen LogP contribution is 2.11. The lowest BCUT2D eigenvalue weighted by atomic mass is 10.1. The van der Waals surface area contributed by atoms with E-state index in [0.29, 0.717) is 11.4 Å². The summed E-state index contributed by atoms with van der Waals surface area (Å²) in [5.41, 5.74) is 2.92. The molecule has 0 bridgehead atoms. The summed E-state index contributed by atoms with van der Waals surface area (Å²) in [6.07, 6.45) is 2.97. The second-order valence-corrected chi connectivity index (χ2v) is 6.67. The number of nitrogens with one attached hydrogen (secondary N) is 1. The highest BCUT2D eigenvalue weighted by atomic mass is 16.2. The van der Waals surface area contributed by atoms with Crippen LogP contribution in [0.5, 0.6) is 0 Å². The molecule has 6 heteroatoms. The number of anilines is 1. The number of amides is 1. The fraction of sp³-hybridized carbons (Fsp3) is 0.190. The summed E-state index contributed by atoms with van der Waals surface area (Å²) in [5, 5.41) is 2.72. The molecule has 0 saturated carbocycles. The molecule has 138 valence electrons. The summed E-state index contributed by atoms with van der Waals surface area (Å²) < 4.78 is 2.42. The molecule has 0 aliphatic rings. The van der Waals surface area contributed by atoms with Crippen LogP contribution in [0.4, 0.5) is 5.69 Å². The Kier molecular flexibility index (Phi) is 5.07. The molecule has 1 heterocycles. The summed E-state index contributed by atoms with van der Waals surface area (Å²) in [4.78, 5) is 37.1. The largest absolute Gasteiger partial charge is 0.325 e. The summed E-state index contributed by atoms with van der Waals surface area (Å²) in [6.45, 7) is 5.59. The molecule has 2 aromatic carbocycles. The van der Waals surface area contributed by atoms with Crippen molar-refractivity contribution in [2.24, 2.45) is 0 Å². The molecular formula is C21H21N3O3. The maximum absolute atomic E-state index is 12.5. The Morgan fingerprint density at radius 3 is 2.11 bits per heavy atom. The second-order valence-electron chi connectivity index (χ2n) is 6.67.